The van der Waals surface area contributed by atoms with Gasteiger partial charge in [-0.2, -0.15) is 23.3 Å². The molecule has 0 bridgehead atoms. The highest BCUT2D eigenvalue weighted by Crippen LogP contribution is 2.30. The summed E-state index contributed by atoms with van der Waals surface area (Å²) >= 11 is 0. The SMILES string of the molecule is CN(C)c1cc(C(F)(F)F)nc(Nc2cnn(CC3CCCO3)c2)n1. The van der Waals surface area contributed by atoms with Gasteiger partial charge in [-0.1, -0.05) is 0 Å². The van der Waals surface area contributed by atoms with E-state index < -0.39 is 11.9 Å². The largest absolute Gasteiger partial charge is 0.433 e. The van der Waals surface area contributed by atoms with E-state index in [1.54, 1.807) is 25.0 Å². The molecule has 136 valence electrons. The summed E-state index contributed by atoms with van der Waals surface area (Å²) in [5.41, 5.74) is -0.484. The molecule has 1 aliphatic heterocycles. The van der Waals surface area contributed by atoms with Gasteiger partial charge in [0.1, 0.15) is 5.82 Å². The molecule has 1 saturated heterocycles. The van der Waals surface area contributed by atoms with Crippen molar-refractivity contribution in [1.29, 1.82) is 0 Å². The fourth-order valence-electron chi connectivity index (χ4n) is 2.52. The zero-order valence-electron chi connectivity index (χ0n) is 13.9. The second-order valence-electron chi connectivity index (χ2n) is 6.04. The molecule has 2 aromatic heterocycles. The maximum atomic E-state index is 13.0. The minimum Gasteiger partial charge on any atom is -0.376 e. The number of hydrogen-bond acceptors (Lipinski definition) is 6. The number of hydrogen-bond donors (Lipinski definition) is 1. The van der Waals surface area contributed by atoms with Crippen LogP contribution in [0.15, 0.2) is 18.5 Å². The second kappa shape index (κ2) is 6.87. The Morgan fingerprint density at radius 3 is 2.80 bits per heavy atom. The van der Waals surface area contributed by atoms with Crippen molar-refractivity contribution in [2.45, 2.75) is 31.7 Å². The third-order valence-corrected chi connectivity index (χ3v) is 3.77. The summed E-state index contributed by atoms with van der Waals surface area (Å²) < 4.78 is 46.3. The van der Waals surface area contributed by atoms with Crippen LogP contribution >= 0.6 is 0 Å². The molecule has 25 heavy (non-hydrogen) atoms. The predicted octanol–water partition coefficient (Wildman–Crippen LogP) is 2.68. The minimum atomic E-state index is -4.55. The Morgan fingerprint density at radius 2 is 2.16 bits per heavy atom. The van der Waals surface area contributed by atoms with E-state index >= 15 is 0 Å². The average molecular weight is 356 g/mol. The van der Waals surface area contributed by atoms with E-state index in [0.717, 1.165) is 25.5 Å². The van der Waals surface area contributed by atoms with Crippen molar-refractivity contribution in [2.24, 2.45) is 0 Å². The molecular weight excluding hydrogens is 337 g/mol. The topological polar surface area (TPSA) is 68.1 Å². The Hall–Kier alpha value is -2.36. The molecule has 10 heteroatoms. The molecule has 7 nitrogen and oxygen atoms in total. The number of rotatable bonds is 5. The van der Waals surface area contributed by atoms with Crippen LogP contribution in [0.2, 0.25) is 0 Å². The van der Waals surface area contributed by atoms with Crippen molar-refractivity contribution in [1.82, 2.24) is 19.7 Å². The van der Waals surface area contributed by atoms with Crippen molar-refractivity contribution in [3.8, 4) is 0 Å². The van der Waals surface area contributed by atoms with Crippen molar-refractivity contribution in [2.75, 3.05) is 30.9 Å². The highest BCUT2D eigenvalue weighted by Gasteiger charge is 2.34. The van der Waals surface area contributed by atoms with E-state index in [9.17, 15) is 13.2 Å². The highest BCUT2D eigenvalue weighted by molar-refractivity contribution is 5.53. The van der Waals surface area contributed by atoms with Crippen molar-refractivity contribution in [3.05, 3.63) is 24.2 Å². The summed E-state index contributed by atoms with van der Waals surface area (Å²) in [6, 6.07) is 0.909. The Bertz CT molecular complexity index is 724. The van der Waals surface area contributed by atoms with Gasteiger partial charge >= 0.3 is 6.18 Å². The number of alkyl halides is 3. The Morgan fingerprint density at radius 1 is 1.36 bits per heavy atom. The zero-order valence-corrected chi connectivity index (χ0v) is 13.9. The van der Waals surface area contributed by atoms with E-state index in [2.05, 4.69) is 20.4 Å². The second-order valence-corrected chi connectivity index (χ2v) is 6.04. The number of aromatic nitrogens is 4. The number of anilines is 3. The molecule has 1 aliphatic rings. The molecule has 2 aromatic rings. The molecule has 0 aliphatic carbocycles. The maximum Gasteiger partial charge on any atom is 0.433 e. The smallest absolute Gasteiger partial charge is 0.376 e. The van der Waals surface area contributed by atoms with Gasteiger partial charge in [0.15, 0.2) is 5.69 Å². The van der Waals surface area contributed by atoms with Crippen LogP contribution in [0.4, 0.5) is 30.6 Å². The first-order valence-corrected chi connectivity index (χ1v) is 7.86. The fraction of sp³-hybridized carbons (Fsp3) is 0.533. The first-order valence-electron chi connectivity index (χ1n) is 7.86. The molecule has 3 heterocycles. The van der Waals surface area contributed by atoms with E-state index in [0.29, 0.717) is 12.2 Å². The molecule has 0 radical (unpaired) electrons. The highest BCUT2D eigenvalue weighted by atomic mass is 19.4. The van der Waals surface area contributed by atoms with E-state index in [1.807, 2.05) is 0 Å². The van der Waals surface area contributed by atoms with Gasteiger partial charge in [-0.05, 0) is 12.8 Å². The predicted molar refractivity (Wildman–Crippen MR) is 85.8 cm³/mol. The summed E-state index contributed by atoms with van der Waals surface area (Å²) in [5.74, 6) is 0.0340. The quantitative estimate of drug-likeness (QED) is 0.888. The number of ether oxygens (including phenoxy) is 1. The van der Waals surface area contributed by atoms with E-state index in [4.69, 9.17) is 4.74 Å². The van der Waals surface area contributed by atoms with Crippen LogP contribution in [-0.2, 0) is 17.5 Å². The standard InChI is InChI=1S/C15H19F3N6O/c1-23(2)13-6-12(15(16,17)18)21-14(22-13)20-10-7-19-24(8-10)9-11-4-3-5-25-11/h6-8,11H,3-5,9H2,1-2H3,(H,20,21,22). The average Bonchev–Trinajstić information content (AvgIpc) is 3.19. The van der Waals surface area contributed by atoms with Gasteiger partial charge in [-0.3, -0.25) is 4.68 Å². The van der Waals surface area contributed by atoms with Gasteiger partial charge in [0.25, 0.3) is 0 Å². The molecule has 0 saturated carbocycles. The van der Waals surface area contributed by atoms with Gasteiger partial charge in [0.05, 0.1) is 24.5 Å². The number of nitrogens with zero attached hydrogens (tertiary/aromatic N) is 5. The molecule has 0 spiro atoms. The summed E-state index contributed by atoms with van der Waals surface area (Å²) in [6.45, 7) is 1.36. The van der Waals surface area contributed by atoms with Crippen LogP contribution in [0.25, 0.3) is 0 Å². The van der Waals surface area contributed by atoms with Crippen LogP contribution in [0.3, 0.4) is 0 Å². The third-order valence-electron chi connectivity index (χ3n) is 3.77. The van der Waals surface area contributed by atoms with Gasteiger partial charge in [-0.15, -0.1) is 0 Å². The number of nitrogens with one attached hydrogen (secondary N) is 1. The lowest BCUT2D eigenvalue weighted by molar-refractivity contribution is -0.141. The van der Waals surface area contributed by atoms with Crippen LogP contribution in [0.1, 0.15) is 18.5 Å². The van der Waals surface area contributed by atoms with Gasteiger partial charge in [0, 0.05) is 33.0 Å². The molecule has 1 unspecified atom stereocenters. The molecule has 0 amide bonds. The zero-order chi connectivity index (χ0) is 18.0. The lowest BCUT2D eigenvalue weighted by Gasteiger charge is -2.15. The lowest BCUT2D eigenvalue weighted by Crippen LogP contribution is -2.16. The maximum absolute atomic E-state index is 13.0. The van der Waals surface area contributed by atoms with E-state index in [1.165, 1.54) is 11.1 Å². The minimum absolute atomic E-state index is 0.123. The first-order chi connectivity index (χ1) is 11.8. The van der Waals surface area contributed by atoms with Crippen molar-refractivity contribution >= 4 is 17.5 Å². The van der Waals surface area contributed by atoms with Crippen molar-refractivity contribution < 1.29 is 17.9 Å². The lowest BCUT2D eigenvalue weighted by atomic mass is 10.2. The number of halogens is 3. The van der Waals surface area contributed by atoms with Crippen LogP contribution < -0.4 is 10.2 Å². The normalized spacial score (nSPS) is 17.7. The van der Waals surface area contributed by atoms with Crippen LogP contribution in [0, 0.1) is 0 Å². The first kappa shape index (κ1) is 17.5. The summed E-state index contributed by atoms with van der Waals surface area (Å²) in [7, 11) is 3.23. The molecule has 3 rings (SSSR count). The third kappa shape index (κ3) is 4.38. The Balaban J connectivity index is 1.77. The Labute approximate surface area is 142 Å². The van der Waals surface area contributed by atoms with Crippen LogP contribution in [0.5, 0.6) is 0 Å². The molecule has 1 N–H and O–H groups in total. The molecule has 1 fully saturated rings. The van der Waals surface area contributed by atoms with Crippen molar-refractivity contribution in [3.63, 3.8) is 0 Å². The fourth-order valence-corrected chi connectivity index (χ4v) is 2.52. The molecule has 1 atom stereocenters. The summed E-state index contributed by atoms with van der Waals surface area (Å²) in [6.07, 6.45) is 0.800. The Kier molecular flexibility index (Phi) is 4.80. The van der Waals surface area contributed by atoms with E-state index in [-0.39, 0.29) is 17.9 Å². The molecule has 0 aromatic carbocycles. The monoisotopic (exact) mass is 356 g/mol. The van der Waals surface area contributed by atoms with Gasteiger partial charge < -0.3 is 15.0 Å². The van der Waals surface area contributed by atoms with Crippen LogP contribution in [-0.4, -0.2) is 46.6 Å². The summed E-state index contributed by atoms with van der Waals surface area (Å²) in [5, 5.41) is 6.97. The summed E-state index contributed by atoms with van der Waals surface area (Å²) in [4.78, 5) is 9.14. The van der Waals surface area contributed by atoms with Gasteiger partial charge in [0.2, 0.25) is 5.95 Å². The molecular formula is C15H19F3N6O. The van der Waals surface area contributed by atoms with Gasteiger partial charge in [-0.25, -0.2) is 4.98 Å².